The number of hydrogen-bond acceptors (Lipinski definition) is 3. The molecule has 3 heteroatoms. The Hall–Kier alpha value is -0.570. The van der Waals surface area contributed by atoms with Crippen LogP contribution in [0.2, 0.25) is 0 Å². The zero-order chi connectivity index (χ0) is 11.9. The number of ether oxygens (including phenoxy) is 1. The largest absolute Gasteiger partial charge is 0.460 e. The standard InChI is InChI=1S/C12H25NO2/c1-6-10(7-2)13-9-8-11(14)15-12(3,4)5/h10,13H,6-9H2,1-5H3. The van der Waals surface area contributed by atoms with Crippen molar-refractivity contribution in [2.24, 2.45) is 0 Å². The first kappa shape index (κ1) is 14.4. The Kier molecular flexibility index (Phi) is 6.57. The van der Waals surface area contributed by atoms with Crippen molar-refractivity contribution in [2.75, 3.05) is 6.54 Å². The molecule has 0 saturated heterocycles. The third-order valence-corrected chi connectivity index (χ3v) is 2.17. The van der Waals surface area contributed by atoms with E-state index in [0.29, 0.717) is 19.0 Å². The lowest BCUT2D eigenvalue weighted by Crippen LogP contribution is -2.31. The molecule has 0 atom stereocenters. The lowest BCUT2D eigenvalue weighted by molar-refractivity contribution is -0.154. The highest BCUT2D eigenvalue weighted by molar-refractivity contribution is 5.70. The van der Waals surface area contributed by atoms with Crippen molar-refractivity contribution in [1.82, 2.24) is 5.32 Å². The molecule has 0 rings (SSSR count). The summed E-state index contributed by atoms with van der Waals surface area (Å²) in [5.41, 5.74) is -0.369. The van der Waals surface area contributed by atoms with Gasteiger partial charge in [0.2, 0.25) is 0 Å². The Balaban J connectivity index is 3.64. The first-order valence-electron chi connectivity index (χ1n) is 5.84. The van der Waals surface area contributed by atoms with Gasteiger partial charge in [-0.05, 0) is 33.6 Å². The van der Waals surface area contributed by atoms with E-state index >= 15 is 0 Å². The average molecular weight is 215 g/mol. The van der Waals surface area contributed by atoms with Gasteiger partial charge >= 0.3 is 5.97 Å². The summed E-state index contributed by atoms with van der Waals surface area (Å²) in [6.07, 6.45) is 2.66. The van der Waals surface area contributed by atoms with Crippen molar-refractivity contribution in [3.05, 3.63) is 0 Å². The summed E-state index contributed by atoms with van der Waals surface area (Å²) in [6, 6.07) is 0.521. The molecule has 0 saturated carbocycles. The summed E-state index contributed by atoms with van der Waals surface area (Å²) in [7, 11) is 0. The minimum Gasteiger partial charge on any atom is -0.460 e. The lowest BCUT2D eigenvalue weighted by Gasteiger charge is -2.20. The Morgan fingerprint density at radius 1 is 1.27 bits per heavy atom. The molecule has 1 N–H and O–H groups in total. The SMILES string of the molecule is CCC(CC)NCCC(=O)OC(C)(C)C. The summed E-state index contributed by atoms with van der Waals surface area (Å²) in [5, 5.41) is 3.33. The Morgan fingerprint density at radius 2 is 1.80 bits per heavy atom. The van der Waals surface area contributed by atoms with Crippen LogP contribution in [0.15, 0.2) is 0 Å². The van der Waals surface area contributed by atoms with E-state index in [-0.39, 0.29) is 11.6 Å². The van der Waals surface area contributed by atoms with Gasteiger partial charge in [0.1, 0.15) is 5.60 Å². The second-order valence-electron chi connectivity index (χ2n) is 4.80. The Labute approximate surface area is 93.6 Å². The van der Waals surface area contributed by atoms with Crippen molar-refractivity contribution >= 4 is 5.97 Å². The summed E-state index contributed by atoms with van der Waals surface area (Å²) < 4.78 is 5.21. The minimum atomic E-state index is -0.369. The molecule has 0 amide bonds. The molecule has 0 aliphatic heterocycles. The van der Waals surface area contributed by atoms with Crippen LogP contribution in [-0.4, -0.2) is 24.2 Å². The van der Waals surface area contributed by atoms with Crippen LogP contribution in [0.1, 0.15) is 53.9 Å². The van der Waals surface area contributed by atoms with E-state index in [4.69, 9.17) is 4.74 Å². The summed E-state index contributed by atoms with van der Waals surface area (Å²) in [4.78, 5) is 11.4. The maximum absolute atomic E-state index is 11.4. The highest BCUT2D eigenvalue weighted by Gasteiger charge is 2.15. The topological polar surface area (TPSA) is 38.3 Å². The normalized spacial score (nSPS) is 11.9. The van der Waals surface area contributed by atoms with E-state index in [0.717, 1.165) is 12.8 Å². The zero-order valence-electron chi connectivity index (χ0n) is 10.7. The van der Waals surface area contributed by atoms with Crippen LogP contribution in [0.25, 0.3) is 0 Å². The summed E-state index contributed by atoms with van der Waals surface area (Å²) in [5.74, 6) is -0.124. The van der Waals surface area contributed by atoms with Crippen molar-refractivity contribution in [2.45, 2.75) is 65.5 Å². The van der Waals surface area contributed by atoms with Gasteiger partial charge in [-0.3, -0.25) is 4.79 Å². The summed E-state index contributed by atoms with van der Waals surface area (Å²) in [6.45, 7) is 10.7. The van der Waals surface area contributed by atoms with Crippen LogP contribution in [0.3, 0.4) is 0 Å². The van der Waals surface area contributed by atoms with Crippen LogP contribution >= 0.6 is 0 Å². The number of rotatable bonds is 6. The predicted octanol–water partition coefficient (Wildman–Crippen LogP) is 2.50. The van der Waals surface area contributed by atoms with Crippen LogP contribution < -0.4 is 5.32 Å². The first-order valence-corrected chi connectivity index (χ1v) is 5.84. The molecule has 0 aromatic carbocycles. The Bertz CT molecular complexity index is 181. The monoisotopic (exact) mass is 215 g/mol. The maximum atomic E-state index is 11.4. The number of hydrogen-bond donors (Lipinski definition) is 1. The fourth-order valence-corrected chi connectivity index (χ4v) is 1.35. The third kappa shape index (κ3) is 8.43. The fourth-order valence-electron chi connectivity index (χ4n) is 1.35. The number of carbonyl (C=O) groups is 1. The third-order valence-electron chi connectivity index (χ3n) is 2.17. The van der Waals surface area contributed by atoms with Gasteiger partial charge in [0.05, 0.1) is 6.42 Å². The highest BCUT2D eigenvalue weighted by Crippen LogP contribution is 2.07. The lowest BCUT2D eigenvalue weighted by atomic mass is 10.1. The predicted molar refractivity (Wildman–Crippen MR) is 62.8 cm³/mol. The molecular weight excluding hydrogens is 190 g/mol. The van der Waals surface area contributed by atoms with E-state index in [1.807, 2.05) is 20.8 Å². The Morgan fingerprint density at radius 3 is 2.20 bits per heavy atom. The van der Waals surface area contributed by atoms with E-state index in [2.05, 4.69) is 19.2 Å². The van der Waals surface area contributed by atoms with Gasteiger partial charge < -0.3 is 10.1 Å². The molecule has 15 heavy (non-hydrogen) atoms. The molecule has 0 unspecified atom stereocenters. The van der Waals surface area contributed by atoms with Gasteiger partial charge in [-0.15, -0.1) is 0 Å². The smallest absolute Gasteiger partial charge is 0.307 e. The molecule has 90 valence electrons. The van der Waals surface area contributed by atoms with Gasteiger partial charge in [0.25, 0.3) is 0 Å². The molecule has 0 aromatic heterocycles. The van der Waals surface area contributed by atoms with Crippen LogP contribution in [0, 0.1) is 0 Å². The zero-order valence-corrected chi connectivity index (χ0v) is 10.7. The molecule has 0 fully saturated rings. The second-order valence-corrected chi connectivity index (χ2v) is 4.80. The quantitative estimate of drug-likeness (QED) is 0.692. The number of carbonyl (C=O) groups excluding carboxylic acids is 1. The highest BCUT2D eigenvalue weighted by atomic mass is 16.6. The van der Waals surface area contributed by atoms with E-state index < -0.39 is 0 Å². The van der Waals surface area contributed by atoms with Crippen molar-refractivity contribution < 1.29 is 9.53 Å². The van der Waals surface area contributed by atoms with Crippen molar-refractivity contribution in [1.29, 1.82) is 0 Å². The first-order chi connectivity index (χ1) is 6.89. The number of nitrogens with one attached hydrogen (secondary N) is 1. The maximum Gasteiger partial charge on any atom is 0.307 e. The van der Waals surface area contributed by atoms with E-state index in [9.17, 15) is 4.79 Å². The average Bonchev–Trinajstić information content (AvgIpc) is 2.09. The van der Waals surface area contributed by atoms with Gasteiger partial charge in [-0.25, -0.2) is 0 Å². The van der Waals surface area contributed by atoms with Crippen LogP contribution in [0.5, 0.6) is 0 Å². The number of esters is 1. The fraction of sp³-hybridized carbons (Fsp3) is 0.917. The van der Waals surface area contributed by atoms with Crippen LogP contribution in [-0.2, 0) is 9.53 Å². The molecular formula is C12H25NO2. The molecule has 0 heterocycles. The van der Waals surface area contributed by atoms with Crippen LogP contribution in [0.4, 0.5) is 0 Å². The van der Waals surface area contributed by atoms with Gasteiger partial charge in [0.15, 0.2) is 0 Å². The van der Waals surface area contributed by atoms with Gasteiger partial charge in [-0.1, -0.05) is 13.8 Å². The molecule has 0 aromatic rings. The van der Waals surface area contributed by atoms with Gasteiger partial charge in [-0.2, -0.15) is 0 Å². The van der Waals surface area contributed by atoms with Crippen molar-refractivity contribution in [3.63, 3.8) is 0 Å². The molecule has 0 aliphatic carbocycles. The second kappa shape index (κ2) is 6.83. The molecule has 0 aliphatic rings. The van der Waals surface area contributed by atoms with Gasteiger partial charge in [0, 0.05) is 12.6 Å². The minimum absolute atomic E-state index is 0.124. The molecule has 3 nitrogen and oxygen atoms in total. The van der Waals surface area contributed by atoms with E-state index in [1.165, 1.54) is 0 Å². The summed E-state index contributed by atoms with van der Waals surface area (Å²) >= 11 is 0. The molecule has 0 spiro atoms. The van der Waals surface area contributed by atoms with E-state index in [1.54, 1.807) is 0 Å². The van der Waals surface area contributed by atoms with Crippen molar-refractivity contribution in [3.8, 4) is 0 Å². The molecule has 0 radical (unpaired) electrons. The molecule has 0 bridgehead atoms.